The zero-order valence-electron chi connectivity index (χ0n) is 9.20. The number of aromatic nitrogens is 2. The fourth-order valence-corrected chi connectivity index (χ4v) is 2.33. The van der Waals surface area contributed by atoms with Gasteiger partial charge in [0.2, 0.25) is 0 Å². The summed E-state index contributed by atoms with van der Waals surface area (Å²) >= 11 is 7.32. The van der Waals surface area contributed by atoms with E-state index in [0.717, 1.165) is 22.7 Å². The molecule has 0 amide bonds. The average molecular weight is 272 g/mol. The third-order valence-corrected chi connectivity index (χ3v) is 3.31. The van der Waals surface area contributed by atoms with E-state index in [1.165, 1.54) is 23.7 Å². The van der Waals surface area contributed by atoms with Crippen LogP contribution in [0.4, 0.5) is 4.39 Å². The largest absolute Gasteiger partial charge is 0.312 e. The van der Waals surface area contributed by atoms with Gasteiger partial charge in [-0.3, -0.25) is 0 Å². The van der Waals surface area contributed by atoms with Crippen LogP contribution in [0.2, 0.25) is 5.02 Å². The van der Waals surface area contributed by atoms with Gasteiger partial charge in [0.15, 0.2) is 0 Å². The average Bonchev–Trinajstić information content (AvgIpc) is 2.74. The Morgan fingerprint density at radius 2 is 2.29 bits per heavy atom. The molecule has 0 aliphatic heterocycles. The Bertz CT molecular complexity index is 515. The van der Waals surface area contributed by atoms with Gasteiger partial charge in [0.25, 0.3) is 0 Å². The van der Waals surface area contributed by atoms with Crippen LogP contribution in [-0.4, -0.2) is 16.1 Å². The van der Waals surface area contributed by atoms with E-state index in [-0.39, 0.29) is 5.82 Å². The van der Waals surface area contributed by atoms with E-state index in [9.17, 15) is 4.39 Å². The number of nitrogens with one attached hydrogen (secondary N) is 1. The third-order valence-electron chi connectivity index (χ3n) is 2.28. The normalized spacial score (nSPS) is 10.8. The van der Waals surface area contributed by atoms with Gasteiger partial charge in [-0.05, 0) is 36.3 Å². The molecule has 2 aromatic rings. The second-order valence-electron chi connectivity index (χ2n) is 3.45. The van der Waals surface area contributed by atoms with Crippen molar-refractivity contribution in [3.05, 3.63) is 33.9 Å². The fraction of sp³-hybridized carbons (Fsp3) is 0.273. The van der Waals surface area contributed by atoms with Crippen molar-refractivity contribution in [2.45, 2.75) is 13.5 Å². The van der Waals surface area contributed by atoms with E-state index in [1.54, 1.807) is 6.07 Å². The summed E-state index contributed by atoms with van der Waals surface area (Å²) in [5.74, 6) is -0.352. The van der Waals surface area contributed by atoms with E-state index in [0.29, 0.717) is 11.6 Å². The Labute approximate surface area is 108 Å². The number of benzene rings is 1. The van der Waals surface area contributed by atoms with Crippen molar-refractivity contribution in [3.8, 4) is 11.3 Å². The minimum atomic E-state index is -0.352. The molecule has 0 radical (unpaired) electrons. The number of halogens is 2. The summed E-state index contributed by atoms with van der Waals surface area (Å²) in [5.41, 5.74) is 1.44. The molecule has 90 valence electrons. The monoisotopic (exact) mass is 271 g/mol. The van der Waals surface area contributed by atoms with E-state index >= 15 is 0 Å². The molecular formula is C11H11ClFN3S. The van der Waals surface area contributed by atoms with E-state index in [1.807, 2.05) is 6.92 Å². The molecule has 17 heavy (non-hydrogen) atoms. The molecule has 1 aromatic carbocycles. The maximum atomic E-state index is 13.0. The molecule has 0 bridgehead atoms. The SMILES string of the molecule is CCNCc1snnc1-c1ccc(F)cc1Cl. The van der Waals surface area contributed by atoms with Crippen LogP contribution in [0.3, 0.4) is 0 Å². The van der Waals surface area contributed by atoms with Gasteiger partial charge in [0.05, 0.1) is 9.90 Å². The molecule has 6 heteroatoms. The number of hydrogen-bond donors (Lipinski definition) is 1. The molecule has 0 aliphatic rings. The van der Waals surface area contributed by atoms with Crippen molar-refractivity contribution in [3.63, 3.8) is 0 Å². The lowest BCUT2D eigenvalue weighted by atomic mass is 10.1. The molecule has 2 rings (SSSR count). The number of hydrogen-bond acceptors (Lipinski definition) is 4. The Morgan fingerprint density at radius 3 is 3.00 bits per heavy atom. The zero-order valence-corrected chi connectivity index (χ0v) is 10.8. The molecule has 0 aliphatic carbocycles. The molecule has 0 fully saturated rings. The van der Waals surface area contributed by atoms with Gasteiger partial charge >= 0.3 is 0 Å². The first kappa shape index (κ1) is 12.4. The second-order valence-corrected chi connectivity index (χ2v) is 4.70. The Morgan fingerprint density at radius 1 is 1.47 bits per heavy atom. The first-order valence-electron chi connectivity index (χ1n) is 5.19. The van der Waals surface area contributed by atoms with Crippen LogP contribution in [0.5, 0.6) is 0 Å². The fourth-order valence-electron chi connectivity index (χ4n) is 1.45. The highest BCUT2D eigenvalue weighted by Gasteiger charge is 2.13. The second kappa shape index (κ2) is 5.53. The smallest absolute Gasteiger partial charge is 0.124 e. The van der Waals surface area contributed by atoms with Crippen LogP contribution in [-0.2, 0) is 6.54 Å². The summed E-state index contributed by atoms with van der Waals surface area (Å²) in [7, 11) is 0. The highest BCUT2D eigenvalue weighted by Crippen LogP contribution is 2.30. The minimum absolute atomic E-state index is 0.352. The zero-order chi connectivity index (χ0) is 12.3. The molecule has 0 unspecified atom stereocenters. The van der Waals surface area contributed by atoms with Crippen LogP contribution in [0.15, 0.2) is 18.2 Å². The summed E-state index contributed by atoms with van der Waals surface area (Å²) in [6.07, 6.45) is 0. The summed E-state index contributed by atoms with van der Waals surface area (Å²) in [5, 5.41) is 7.61. The molecule has 0 atom stereocenters. The Balaban J connectivity index is 2.35. The van der Waals surface area contributed by atoms with Crippen molar-refractivity contribution >= 4 is 23.1 Å². The maximum absolute atomic E-state index is 13.0. The van der Waals surface area contributed by atoms with Crippen molar-refractivity contribution in [2.24, 2.45) is 0 Å². The summed E-state index contributed by atoms with van der Waals surface area (Å²) < 4.78 is 16.9. The van der Waals surface area contributed by atoms with Crippen LogP contribution >= 0.6 is 23.1 Å². The summed E-state index contributed by atoms with van der Waals surface area (Å²) in [6.45, 7) is 3.59. The molecule has 1 aromatic heterocycles. The predicted molar refractivity (Wildman–Crippen MR) is 67.7 cm³/mol. The molecule has 0 saturated carbocycles. The molecule has 3 nitrogen and oxygen atoms in total. The standard InChI is InChI=1S/C11H11ClFN3S/c1-2-14-6-10-11(15-16-17-10)8-4-3-7(13)5-9(8)12/h3-5,14H,2,6H2,1H3. The lowest BCUT2D eigenvalue weighted by molar-refractivity contribution is 0.628. The molecule has 0 spiro atoms. The molecule has 1 heterocycles. The highest BCUT2D eigenvalue weighted by molar-refractivity contribution is 7.06. The van der Waals surface area contributed by atoms with E-state index in [2.05, 4.69) is 14.9 Å². The topological polar surface area (TPSA) is 37.8 Å². The molecular weight excluding hydrogens is 261 g/mol. The first-order valence-corrected chi connectivity index (χ1v) is 6.35. The Kier molecular flexibility index (Phi) is 4.04. The van der Waals surface area contributed by atoms with Crippen LogP contribution in [0.25, 0.3) is 11.3 Å². The highest BCUT2D eigenvalue weighted by atomic mass is 35.5. The van der Waals surface area contributed by atoms with Crippen molar-refractivity contribution in [1.29, 1.82) is 0 Å². The van der Waals surface area contributed by atoms with Gasteiger partial charge in [0.1, 0.15) is 11.5 Å². The van der Waals surface area contributed by atoms with Gasteiger partial charge in [0, 0.05) is 12.1 Å². The molecule has 0 saturated heterocycles. The lowest BCUT2D eigenvalue weighted by Crippen LogP contribution is -2.11. The van der Waals surface area contributed by atoms with Gasteiger partial charge in [-0.15, -0.1) is 5.10 Å². The van der Waals surface area contributed by atoms with Crippen LogP contribution < -0.4 is 5.32 Å². The lowest BCUT2D eigenvalue weighted by Gasteiger charge is -2.04. The molecule has 1 N–H and O–H groups in total. The van der Waals surface area contributed by atoms with E-state index < -0.39 is 0 Å². The van der Waals surface area contributed by atoms with Crippen LogP contribution in [0, 0.1) is 5.82 Å². The van der Waals surface area contributed by atoms with Crippen molar-refractivity contribution in [1.82, 2.24) is 14.9 Å². The minimum Gasteiger partial charge on any atom is -0.312 e. The maximum Gasteiger partial charge on any atom is 0.124 e. The summed E-state index contributed by atoms with van der Waals surface area (Å²) in [6, 6.07) is 4.29. The van der Waals surface area contributed by atoms with Crippen LogP contribution in [0.1, 0.15) is 11.8 Å². The van der Waals surface area contributed by atoms with Gasteiger partial charge in [-0.2, -0.15) is 0 Å². The van der Waals surface area contributed by atoms with Gasteiger partial charge in [-0.25, -0.2) is 4.39 Å². The quantitative estimate of drug-likeness (QED) is 0.929. The summed E-state index contributed by atoms with van der Waals surface area (Å²) in [4.78, 5) is 1.00. The van der Waals surface area contributed by atoms with Crippen molar-refractivity contribution in [2.75, 3.05) is 6.54 Å². The van der Waals surface area contributed by atoms with E-state index in [4.69, 9.17) is 11.6 Å². The van der Waals surface area contributed by atoms with Gasteiger partial charge in [-0.1, -0.05) is 23.0 Å². The number of nitrogens with zero attached hydrogens (tertiary/aromatic N) is 2. The first-order chi connectivity index (χ1) is 8.22. The third kappa shape index (κ3) is 2.80. The predicted octanol–water partition coefficient (Wildman–Crippen LogP) is 3.11. The van der Waals surface area contributed by atoms with Gasteiger partial charge < -0.3 is 5.32 Å². The van der Waals surface area contributed by atoms with Crippen molar-refractivity contribution < 1.29 is 4.39 Å². The Hall–Kier alpha value is -1.04. The number of rotatable bonds is 4.